The summed E-state index contributed by atoms with van der Waals surface area (Å²) in [5.41, 5.74) is 1.86. The minimum atomic E-state index is -3.92. The van der Waals surface area contributed by atoms with Gasteiger partial charge in [-0.05, 0) is 50.1 Å². The fraction of sp³-hybridized carbons (Fsp3) is 0.350. The molecule has 6 nitrogen and oxygen atoms in total. The van der Waals surface area contributed by atoms with Crippen molar-refractivity contribution in [2.45, 2.75) is 26.8 Å². The van der Waals surface area contributed by atoms with Crippen molar-refractivity contribution in [3.63, 3.8) is 0 Å². The van der Waals surface area contributed by atoms with Crippen LogP contribution in [0.15, 0.2) is 36.4 Å². The summed E-state index contributed by atoms with van der Waals surface area (Å²) < 4.78 is 57.5. The number of rotatable bonds is 8. The lowest BCUT2D eigenvalue weighted by Crippen LogP contribution is -2.48. The smallest absolute Gasteiger partial charge is 0.243 e. The van der Waals surface area contributed by atoms with Gasteiger partial charge in [-0.15, -0.1) is 0 Å². The van der Waals surface area contributed by atoms with E-state index >= 15 is 0 Å². The number of hydrogen-bond donors (Lipinski definition) is 1. The predicted molar refractivity (Wildman–Crippen MR) is 108 cm³/mol. The van der Waals surface area contributed by atoms with Gasteiger partial charge in [0.2, 0.25) is 15.9 Å². The second-order valence-corrected chi connectivity index (χ2v) is 8.60. The molecular weight excluding hydrogens is 402 g/mol. The molecule has 0 fully saturated rings. The Balaban J connectivity index is 2.03. The summed E-state index contributed by atoms with van der Waals surface area (Å²) in [6, 6.07) is 7.26. The Labute approximate surface area is 169 Å². The zero-order valence-corrected chi connectivity index (χ0v) is 17.5. The summed E-state index contributed by atoms with van der Waals surface area (Å²) in [5.74, 6) is -2.20. The standard InChI is InChI=1S/C20H24F2N2O4S/c1-13-5-6-14(2)19(11-13)28-10-9-23-20(25)15(3)24(29(4,26)27)16-7-8-17(21)18(22)12-16/h5-8,11-12,15H,9-10H2,1-4H3,(H,23,25)/t15-/m1/s1. The van der Waals surface area contributed by atoms with Crippen LogP contribution in [0.2, 0.25) is 0 Å². The summed E-state index contributed by atoms with van der Waals surface area (Å²) in [7, 11) is -3.92. The molecule has 0 aliphatic carbocycles. The summed E-state index contributed by atoms with van der Waals surface area (Å²) in [6.45, 7) is 5.54. The molecule has 29 heavy (non-hydrogen) atoms. The van der Waals surface area contributed by atoms with Crippen molar-refractivity contribution >= 4 is 21.6 Å². The highest BCUT2D eigenvalue weighted by molar-refractivity contribution is 7.92. The minimum Gasteiger partial charge on any atom is -0.491 e. The van der Waals surface area contributed by atoms with Crippen molar-refractivity contribution in [1.29, 1.82) is 0 Å². The van der Waals surface area contributed by atoms with Crippen molar-refractivity contribution < 1.29 is 26.7 Å². The van der Waals surface area contributed by atoms with Crippen LogP contribution in [0.1, 0.15) is 18.1 Å². The number of anilines is 1. The van der Waals surface area contributed by atoms with E-state index in [2.05, 4.69) is 5.32 Å². The third-order valence-corrected chi connectivity index (χ3v) is 5.49. The van der Waals surface area contributed by atoms with E-state index in [0.29, 0.717) is 5.75 Å². The summed E-state index contributed by atoms with van der Waals surface area (Å²) in [4.78, 5) is 12.4. The molecular formula is C20H24F2N2O4S. The van der Waals surface area contributed by atoms with E-state index < -0.39 is 33.6 Å². The van der Waals surface area contributed by atoms with Gasteiger partial charge in [-0.3, -0.25) is 9.10 Å². The number of nitrogens with one attached hydrogen (secondary N) is 1. The number of hydrogen-bond acceptors (Lipinski definition) is 4. The van der Waals surface area contributed by atoms with Crippen LogP contribution in [0, 0.1) is 25.5 Å². The van der Waals surface area contributed by atoms with Gasteiger partial charge in [-0.2, -0.15) is 0 Å². The summed E-state index contributed by atoms with van der Waals surface area (Å²) >= 11 is 0. The summed E-state index contributed by atoms with van der Waals surface area (Å²) in [5, 5.41) is 2.60. The Morgan fingerprint density at radius 1 is 1.14 bits per heavy atom. The van der Waals surface area contributed by atoms with Gasteiger partial charge in [0.05, 0.1) is 18.5 Å². The van der Waals surface area contributed by atoms with Crippen LogP contribution in [0.3, 0.4) is 0 Å². The first kappa shape index (κ1) is 22.6. The van der Waals surface area contributed by atoms with Crippen molar-refractivity contribution in [3.8, 4) is 5.75 Å². The number of aryl methyl sites for hydroxylation is 2. The van der Waals surface area contributed by atoms with Gasteiger partial charge in [0.1, 0.15) is 18.4 Å². The van der Waals surface area contributed by atoms with E-state index in [1.807, 2.05) is 32.0 Å². The highest BCUT2D eigenvalue weighted by atomic mass is 32.2. The minimum absolute atomic E-state index is 0.138. The Morgan fingerprint density at radius 3 is 2.45 bits per heavy atom. The number of carbonyl (C=O) groups excluding carboxylic acids is 1. The SMILES string of the molecule is Cc1ccc(C)c(OCCNC(=O)[C@@H](C)N(c2ccc(F)c(F)c2)S(C)(=O)=O)c1. The lowest BCUT2D eigenvalue weighted by Gasteiger charge is -2.28. The molecule has 0 saturated carbocycles. The zero-order chi connectivity index (χ0) is 21.8. The van der Waals surface area contributed by atoms with Gasteiger partial charge >= 0.3 is 0 Å². The molecule has 1 amide bonds. The second-order valence-electron chi connectivity index (χ2n) is 6.74. The Bertz CT molecular complexity index is 996. The molecule has 0 radical (unpaired) electrons. The molecule has 1 N–H and O–H groups in total. The van der Waals surface area contributed by atoms with Crippen molar-refractivity contribution in [3.05, 3.63) is 59.2 Å². The van der Waals surface area contributed by atoms with Crippen LogP contribution >= 0.6 is 0 Å². The topological polar surface area (TPSA) is 75.7 Å². The van der Waals surface area contributed by atoms with E-state index in [-0.39, 0.29) is 18.8 Å². The van der Waals surface area contributed by atoms with Crippen LogP contribution < -0.4 is 14.4 Å². The normalized spacial score (nSPS) is 12.3. The van der Waals surface area contributed by atoms with Gasteiger partial charge in [-0.25, -0.2) is 17.2 Å². The number of ether oxygens (including phenoxy) is 1. The molecule has 0 aliphatic rings. The molecule has 9 heteroatoms. The average molecular weight is 426 g/mol. The monoisotopic (exact) mass is 426 g/mol. The largest absolute Gasteiger partial charge is 0.491 e. The molecule has 2 rings (SSSR count). The van der Waals surface area contributed by atoms with Crippen LogP contribution in [-0.4, -0.2) is 39.8 Å². The first-order chi connectivity index (χ1) is 13.5. The van der Waals surface area contributed by atoms with E-state index in [1.54, 1.807) is 0 Å². The van der Waals surface area contributed by atoms with Crippen molar-refractivity contribution in [2.24, 2.45) is 0 Å². The van der Waals surface area contributed by atoms with Gasteiger partial charge in [0.15, 0.2) is 11.6 Å². The van der Waals surface area contributed by atoms with Crippen molar-refractivity contribution in [1.82, 2.24) is 5.32 Å². The maximum Gasteiger partial charge on any atom is 0.243 e. The maximum absolute atomic E-state index is 13.5. The third kappa shape index (κ3) is 5.90. The number of amides is 1. The number of nitrogens with zero attached hydrogens (tertiary/aromatic N) is 1. The number of sulfonamides is 1. The first-order valence-electron chi connectivity index (χ1n) is 8.93. The number of carbonyl (C=O) groups is 1. The van der Waals surface area contributed by atoms with Gasteiger partial charge < -0.3 is 10.1 Å². The van der Waals surface area contributed by atoms with Crippen LogP contribution in [0.4, 0.5) is 14.5 Å². The lowest BCUT2D eigenvalue weighted by molar-refractivity contribution is -0.121. The van der Waals surface area contributed by atoms with Crippen LogP contribution in [-0.2, 0) is 14.8 Å². The molecule has 0 aromatic heterocycles. The predicted octanol–water partition coefficient (Wildman–Crippen LogP) is 2.93. The van der Waals surface area contributed by atoms with Crippen LogP contribution in [0.5, 0.6) is 5.75 Å². The molecule has 0 aliphatic heterocycles. The second kappa shape index (κ2) is 9.21. The number of halogens is 2. The van der Waals surface area contributed by atoms with E-state index in [9.17, 15) is 22.0 Å². The molecule has 1 atom stereocenters. The van der Waals surface area contributed by atoms with E-state index in [4.69, 9.17) is 4.74 Å². The van der Waals surface area contributed by atoms with E-state index in [1.165, 1.54) is 6.92 Å². The van der Waals surface area contributed by atoms with Gasteiger partial charge in [-0.1, -0.05) is 12.1 Å². The Morgan fingerprint density at radius 2 is 1.83 bits per heavy atom. The van der Waals surface area contributed by atoms with E-state index in [0.717, 1.165) is 39.9 Å². The fourth-order valence-corrected chi connectivity index (χ4v) is 3.94. The molecule has 0 heterocycles. The first-order valence-corrected chi connectivity index (χ1v) is 10.8. The quantitative estimate of drug-likeness (QED) is 0.659. The molecule has 0 unspecified atom stereocenters. The fourth-order valence-electron chi connectivity index (χ4n) is 2.78. The molecule has 0 spiro atoms. The lowest BCUT2D eigenvalue weighted by atomic mass is 10.1. The third-order valence-electron chi connectivity index (χ3n) is 4.25. The molecule has 0 bridgehead atoms. The van der Waals surface area contributed by atoms with Gasteiger partial charge in [0, 0.05) is 6.07 Å². The van der Waals surface area contributed by atoms with Crippen LogP contribution in [0.25, 0.3) is 0 Å². The van der Waals surface area contributed by atoms with Crippen molar-refractivity contribution in [2.75, 3.05) is 23.7 Å². The molecule has 0 saturated heterocycles. The summed E-state index contributed by atoms with van der Waals surface area (Å²) in [6.07, 6.45) is 0.891. The Hall–Kier alpha value is -2.68. The average Bonchev–Trinajstić information content (AvgIpc) is 2.63. The number of benzene rings is 2. The molecule has 158 valence electrons. The molecule has 2 aromatic rings. The van der Waals surface area contributed by atoms with Gasteiger partial charge in [0.25, 0.3) is 0 Å². The zero-order valence-electron chi connectivity index (χ0n) is 16.7. The Kier molecular flexibility index (Phi) is 7.18. The molecule has 2 aromatic carbocycles. The maximum atomic E-state index is 13.5. The highest BCUT2D eigenvalue weighted by Crippen LogP contribution is 2.23. The highest BCUT2D eigenvalue weighted by Gasteiger charge is 2.29.